The molecule has 1 saturated carbocycles. The third-order valence-electron chi connectivity index (χ3n) is 10.3. The molecule has 3 aromatic rings. The number of rotatable bonds is 4. The number of H-pyrrole nitrogens is 2. The predicted octanol–water partition coefficient (Wildman–Crippen LogP) is 4.61. The molecule has 258 valence electrons. The molecule has 5 aliphatic rings. The predicted molar refractivity (Wildman–Crippen MR) is 174 cm³/mol. The number of aromatic nitrogens is 4. The van der Waals surface area contributed by atoms with Crippen LogP contribution in [0.5, 0.6) is 0 Å². The standard InChI is InChI=1S/C15H18N2O2.C13H13F2N5O.C6H12FN/c18-14-8-7-13(15(19)16-14)11-3-5-12(6-4-11)17-9-1-2-10-17;1-12-3-8-7(2-9(12)13(12,14)15)10(20-19-8)11(21)18-6-4-16-17-5-6;1-8-4-2-3-6(7)5-8/h3-6,13H,1-2,7-10H2,(H,16,18,19);4-5,9H,2-3H2,1H3,(H,16,17)(H,18,21)(H,19,20);6H,2-5H2,1H3. The number of aromatic amines is 2. The van der Waals surface area contributed by atoms with E-state index in [0.717, 1.165) is 38.0 Å². The fourth-order valence-electron chi connectivity index (χ4n) is 7.31. The fraction of sp³-hybridized carbons (Fsp3) is 0.559. The summed E-state index contributed by atoms with van der Waals surface area (Å²) >= 11 is 0. The lowest BCUT2D eigenvalue weighted by atomic mass is 9.87. The van der Waals surface area contributed by atoms with Crippen molar-refractivity contribution in [1.82, 2.24) is 30.6 Å². The first kappa shape index (κ1) is 33.7. The van der Waals surface area contributed by atoms with Crippen LogP contribution in [-0.2, 0) is 22.4 Å². The number of hydrogen-bond acceptors (Lipinski definition) is 7. The molecule has 0 bridgehead atoms. The number of anilines is 2. The molecule has 4 N–H and O–H groups in total. The molecule has 4 atom stereocenters. The van der Waals surface area contributed by atoms with Crippen LogP contribution in [0.2, 0.25) is 0 Å². The average Bonchev–Trinajstić information content (AvgIpc) is 3.72. The Morgan fingerprint density at radius 3 is 2.44 bits per heavy atom. The molecule has 8 rings (SSSR count). The van der Waals surface area contributed by atoms with Crippen molar-refractivity contribution in [3.8, 4) is 0 Å². The number of piperidine rings is 2. The summed E-state index contributed by atoms with van der Waals surface area (Å²) in [5, 5.41) is 18.1. The summed E-state index contributed by atoms with van der Waals surface area (Å²) in [5.41, 5.74) is 3.19. The summed E-state index contributed by atoms with van der Waals surface area (Å²) in [5.74, 6) is -4.27. The number of amides is 3. The molecule has 11 nitrogen and oxygen atoms in total. The van der Waals surface area contributed by atoms with Gasteiger partial charge < -0.3 is 15.1 Å². The van der Waals surface area contributed by atoms with Crippen LogP contribution >= 0.6 is 0 Å². The van der Waals surface area contributed by atoms with Gasteiger partial charge in [-0.3, -0.25) is 29.9 Å². The Kier molecular flexibility index (Phi) is 9.64. The number of imide groups is 1. The number of carbonyl (C=O) groups is 3. The SMILES string of the molecule is CC12Cc3[nH]nc(C(=O)Nc4cn[nH]c4)c3CC1C2(F)F.CN1CCCC(F)C1.O=C1CCC(c2ccc(N3CCCC3)cc2)C(=O)N1. The number of nitrogens with one attached hydrogen (secondary N) is 4. The Labute approximate surface area is 277 Å². The van der Waals surface area contributed by atoms with Crippen molar-refractivity contribution in [2.45, 2.75) is 76.3 Å². The van der Waals surface area contributed by atoms with Crippen molar-refractivity contribution in [3.05, 3.63) is 59.2 Å². The summed E-state index contributed by atoms with van der Waals surface area (Å²) in [7, 11) is 1.96. The highest BCUT2D eigenvalue weighted by Crippen LogP contribution is 2.70. The lowest BCUT2D eigenvalue weighted by Crippen LogP contribution is -2.39. The Morgan fingerprint density at radius 1 is 1.06 bits per heavy atom. The number of alkyl halides is 3. The molecule has 3 saturated heterocycles. The van der Waals surface area contributed by atoms with E-state index in [0.29, 0.717) is 36.3 Å². The van der Waals surface area contributed by atoms with Gasteiger partial charge in [-0.15, -0.1) is 0 Å². The van der Waals surface area contributed by atoms with Crippen LogP contribution in [0.15, 0.2) is 36.7 Å². The maximum atomic E-state index is 13.8. The van der Waals surface area contributed by atoms with Crippen LogP contribution in [0, 0.1) is 11.3 Å². The molecule has 3 aliphatic heterocycles. The summed E-state index contributed by atoms with van der Waals surface area (Å²) in [6.45, 7) is 5.54. The van der Waals surface area contributed by atoms with Gasteiger partial charge in [0.05, 0.1) is 17.8 Å². The molecule has 2 aromatic heterocycles. The van der Waals surface area contributed by atoms with Crippen molar-refractivity contribution < 1.29 is 27.6 Å². The van der Waals surface area contributed by atoms with E-state index in [-0.39, 0.29) is 36.3 Å². The first-order valence-corrected chi connectivity index (χ1v) is 16.7. The Bertz CT molecular complexity index is 1600. The van der Waals surface area contributed by atoms with E-state index in [2.05, 4.69) is 48.1 Å². The molecule has 4 unspecified atom stereocenters. The van der Waals surface area contributed by atoms with Gasteiger partial charge in [0.2, 0.25) is 11.8 Å². The maximum absolute atomic E-state index is 13.8. The van der Waals surface area contributed by atoms with Crippen molar-refractivity contribution in [2.75, 3.05) is 43.4 Å². The van der Waals surface area contributed by atoms with E-state index in [1.54, 1.807) is 6.92 Å². The van der Waals surface area contributed by atoms with Crippen molar-refractivity contribution in [3.63, 3.8) is 0 Å². The summed E-state index contributed by atoms with van der Waals surface area (Å²) in [6, 6.07) is 8.22. The highest BCUT2D eigenvalue weighted by molar-refractivity contribution is 6.04. The van der Waals surface area contributed by atoms with Gasteiger partial charge in [0.15, 0.2) is 5.69 Å². The van der Waals surface area contributed by atoms with E-state index in [4.69, 9.17) is 0 Å². The van der Waals surface area contributed by atoms with Crippen molar-refractivity contribution in [2.24, 2.45) is 11.3 Å². The van der Waals surface area contributed by atoms with Gasteiger partial charge in [-0.05, 0) is 69.8 Å². The maximum Gasteiger partial charge on any atom is 0.276 e. The zero-order valence-electron chi connectivity index (χ0n) is 27.3. The summed E-state index contributed by atoms with van der Waals surface area (Å²) in [6.07, 6.45) is 8.21. The Balaban J connectivity index is 0.000000137. The summed E-state index contributed by atoms with van der Waals surface area (Å²) in [4.78, 5) is 39.5. The first-order valence-electron chi connectivity index (χ1n) is 16.7. The van der Waals surface area contributed by atoms with Crippen LogP contribution in [0.1, 0.15) is 78.7 Å². The summed E-state index contributed by atoms with van der Waals surface area (Å²) < 4.78 is 40.0. The molecular weight excluding hydrogens is 625 g/mol. The molecule has 0 radical (unpaired) electrons. The van der Waals surface area contributed by atoms with Crippen LogP contribution in [-0.4, -0.2) is 88.3 Å². The van der Waals surface area contributed by atoms with Crippen LogP contribution in [0.25, 0.3) is 0 Å². The Hall–Kier alpha value is -4.20. The molecule has 5 heterocycles. The molecular formula is C34H43F3N8O3. The average molecular weight is 669 g/mol. The molecule has 4 fully saturated rings. The van der Waals surface area contributed by atoms with Gasteiger partial charge in [0, 0.05) is 67.0 Å². The number of fused-ring (bicyclic) bond motifs is 2. The normalized spacial score (nSPS) is 27.4. The minimum Gasteiger partial charge on any atom is -0.372 e. The van der Waals surface area contributed by atoms with Gasteiger partial charge in [-0.1, -0.05) is 19.1 Å². The van der Waals surface area contributed by atoms with E-state index in [1.807, 2.05) is 24.1 Å². The molecule has 48 heavy (non-hydrogen) atoms. The number of likely N-dealkylation sites (tertiary alicyclic amines) is 1. The third kappa shape index (κ3) is 6.99. The highest BCUT2D eigenvalue weighted by atomic mass is 19.3. The largest absolute Gasteiger partial charge is 0.372 e. The van der Waals surface area contributed by atoms with Crippen molar-refractivity contribution in [1.29, 1.82) is 0 Å². The minimum absolute atomic E-state index is 0.157. The van der Waals surface area contributed by atoms with Gasteiger partial charge in [-0.2, -0.15) is 10.2 Å². The quantitative estimate of drug-likeness (QED) is 0.298. The molecule has 3 amide bonds. The topological polar surface area (TPSA) is 139 Å². The fourth-order valence-corrected chi connectivity index (χ4v) is 7.31. The molecule has 1 aromatic carbocycles. The van der Waals surface area contributed by atoms with Gasteiger partial charge in [0.25, 0.3) is 11.8 Å². The van der Waals surface area contributed by atoms with E-state index in [9.17, 15) is 27.6 Å². The molecule has 14 heteroatoms. The first-order chi connectivity index (χ1) is 23.0. The number of carbonyl (C=O) groups excluding carboxylic acids is 3. The van der Waals surface area contributed by atoms with Gasteiger partial charge in [0.1, 0.15) is 6.17 Å². The number of hydrogen-bond donors (Lipinski definition) is 4. The highest BCUT2D eigenvalue weighted by Gasteiger charge is 2.78. The van der Waals surface area contributed by atoms with Crippen LogP contribution < -0.4 is 15.5 Å². The van der Waals surface area contributed by atoms with Crippen molar-refractivity contribution >= 4 is 29.1 Å². The number of halogens is 3. The third-order valence-corrected chi connectivity index (χ3v) is 10.3. The second-order valence-electron chi connectivity index (χ2n) is 13.7. The van der Waals surface area contributed by atoms with Crippen LogP contribution in [0.3, 0.4) is 0 Å². The number of benzene rings is 1. The van der Waals surface area contributed by atoms with E-state index >= 15 is 0 Å². The zero-order valence-corrected chi connectivity index (χ0v) is 27.3. The van der Waals surface area contributed by atoms with Crippen LogP contribution in [0.4, 0.5) is 24.5 Å². The zero-order chi connectivity index (χ0) is 34.1. The van der Waals surface area contributed by atoms with E-state index < -0.39 is 29.3 Å². The lowest BCUT2D eigenvalue weighted by Gasteiger charge is -2.24. The molecule has 0 spiro atoms. The van der Waals surface area contributed by atoms with Gasteiger partial charge >= 0.3 is 0 Å². The van der Waals surface area contributed by atoms with Gasteiger partial charge in [-0.25, -0.2) is 13.2 Å². The second kappa shape index (κ2) is 13.7. The smallest absolute Gasteiger partial charge is 0.276 e. The second-order valence-corrected chi connectivity index (χ2v) is 13.7. The van der Waals surface area contributed by atoms with E-state index in [1.165, 1.54) is 30.9 Å². The lowest BCUT2D eigenvalue weighted by molar-refractivity contribution is -0.134. The Morgan fingerprint density at radius 2 is 1.81 bits per heavy atom. The monoisotopic (exact) mass is 668 g/mol. The number of nitrogens with zero attached hydrogens (tertiary/aromatic N) is 4. The minimum atomic E-state index is -2.66. The molecule has 2 aliphatic carbocycles.